The summed E-state index contributed by atoms with van der Waals surface area (Å²) in [6.07, 6.45) is 0.883. The molecule has 0 atom stereocenters. The molecule has 0 spiro atoms. The molecule has 0 saturated carbocycles. The number of hydrogen-bond donors (Lipinski definition) is 0. The van der Waals surface area contributed by atoms with E-state index in [-0.39, 0.29) is 0 Å². The van der Waals surface area contributed by atoms with Crippen LogP contribution in [0.25, 0.3) is 0 Å². The molecule has 0 aliphatic rings. The Hall–Kier alpha value is -3.67. The fourth-order valence-corrected chi connectivity index (χ4v) is 8.63. The zero-order valence-corrected chi connectivity index (χ0v) is 19.3. The minimum Gasteiger partial charge on any atom is -0.457 e. The Morgan fingerprint density at radius 1 is 0.424 bits per heavy atom. The molecule has 2 heteroatoms. The van der Waals surface area contributed by atoms with Crippen LogP contribution in [-0.4, -0.2) is 0 Å². The fourth-order valence-electron chi connectivity index (χ4n) is 4.37. The molecule has 0 aromatic heterocycles. The first-order chi connectivity index (χ1) is 16.4. The molecule has 0 heterocycles. The number of benzene rings is 5. The van der Waals surface area contributed by atoms with Crippen molar-refractivity contribution in [2.75, 3.05) is 0 Å². The van der Waals surface area contributed by atoms with Gasteiger partial charge in [-0.25, -0.2) is 0 Å². The number of para-hydroxylation sites is 2. The average molecular weight is 446 g/mol. The van der Waals surface area contributed by atoms with Gasteiger partial charge >= 0.3 is 0 Å². The van der Waals surface area contributed by atoms with Crippen molar-refractivity contribution in [1.29, 1.82) is 0 Å². The van der Waals surface area contributed by atoms with Crippen molar-refractivity contribution < 1.29 is 4.74 Å². The maximum Gasteiger partial charge on any atom is 0.134 e. The second-order valence-electron chi connectivity index (χ2n) is 8.00. The lowest BCUT2D eigenvalue weighted by Crippen LogP contribution is -2.32. The zero-order valence-electron chi connectivity index (χ0n) is 18.4. The van der Waals surface area contributed by atoms with E-state index in [1.165, 1.54) is 21.5 Å². The summed E-state index contributed by atoms with van der Waals surface area (Å²) in [4.78, 5) is 0. The van der Waals surface area contributed by atoms with Crippen molar-refractivity contribution >= 4 is 23.2 Å². The smallest absolute Gasteiger partial charge is 0.134 e. The topological polar surface area (TPSA) is 9.23 Å². The molecule has 0 radical (unpaired) electrons. The minimum atomic E-state index is -1.99. The highest BCUT2D eigenvalue weighted by Gasteiger charge is 2.45. The van der Waals surface area contributed by atoms with Gasteiger partial charge in [-0.3, -0.25) is 0 Å². The number of rotatable bonds is 7. The van der Waals surface area contributed by atoms with Crippen LogP contribution < -0.4 is 20.7 Å². The average Bonchev–Trinajstić information content (AvgIpc) is 2.90. The zero-order chi connectivity index (χ0) is 22.3. The van der Waals surface area contributed by atoms with Crippen LogP contribution in [0.3, 0.4) is 0 Å². The van der Waals surface area contributed by atoms with Crippen molar-refractivity contribution in [2.45, 2.75) is 6.16 Å². The van der Waals surface area contributed by atoms with Gasteiger partial charge in [0.25, 0.3) is 0 Å². The van der Waals surface area contributed by atoms with Gasteiger partial charge in [0.05, 0.1) is 0 Å². The van der Waals surface area contributed by atoms with E-state index in [1.54, 1.807) is 0 Å². The largest absolute Gasteiger partial charge is 0.457 e. The molecule has 5 rings (SSSR count). The van der Waals surface area contributed by atoms with Crippen LogP contribution in [0.15, 0.2) is 146 Å². The summed E-state index contributed by atoms with van der Waals surface area (Å²) in [6.45, 7) is 0. The third-order valence-corrected chi connectivity index (χ3v) is 10.3. The first-order valence-electron chi connectivity index (χ1n) is 11.2. The molecular weight excluding hydrogens is 419 g/mol. The summed E-state index contributed by atoms with van der Waals surface area (Å²) in [5.74, 6) is 1.77. The maximum absolute atomic E-state index is 6.38. The molecule has 0 saturated heterocycles. The summed E-state index contributed by atoms with van der Waals surface area (Å²) in [5, 5.41) is 4.12. The maximum atomic E-state index is 6.38. The SMILES string of the molecule is c1ccc(Oc2ccccc2C[P+](c2ccccc2)(c2ccccc2)c2ccccc2)cc1. The van der Waals surface area contributed by atoms with E-state index < -0.39 is 7.26 Å². The summed E-state index contributed by atoms with van der Waals surface area (Å²) < 4.78 is 6.38. The molecule has 0 amide bonds. The van der Waals surface area contributed by atoms with E-state index in [9.17, 15) is 0 Å². The predicted octanol–water partition coefficient (Wildman–Crippen LogP) is 6.97. The standard InChI is InChI=1S/C31H26OP/c1-5-16-27(17-6-1)32-31-24-14-13-15-26(31)25-33(28-18-7-2-8-19-28,29-20-9-3-10-21-29)30-22-11-4-12-23-30/h1-24H,25H2/q+1. The van der Waals surface area contributed by atoms with Gasteiger partial charge in [0.15, 0.2) is 0 Å². The fraction of sp³-hybridized carbons (Fsp3) is 0.0323. The van der Waals surface area contributed by atoms with E-state index in [0.717, 1.165) is 17.7 Å². The lowest BCUT2D eigenvalue weighted by molar-refractivity contribution is 0.478. The van der Waals surface area contributed by atoms with Crippen LogP contribution in [0.1, 0.15) is 5.56 Å². The molecule has 160 valence electrons. The lowest BCUT2D eigenvalue weighted by Gasteiger charge is -2.28. The highest BCUT2D eigenvalue weighted by atomic mass is 31.2. The normalized spacial score (nSPS) is 11.2. The van der Waals surface area contributed by atoms with Crippen molar-refractivity contribution in [1.82, 2.24) is 0 Å². The van der Waals surface area contributed by atoms with Gasteiger partial charge in [-0.15, -0.1) is 0 Å². The third kappa shape index (κ3) is 4.46. The molecule has 5 aromatic carbocycles. The molecule has 0 aliphatic heterocycles. The minimum absolute atomic E-state index is 0.855. The van der Waals surface area contributed by atoms with Crippen molar-refractivity contribution in [3.05, 3.63) is 151 Å². The van der Waals surface area contributed by atoms with E-state index in [2.05, 4.69) is 115 Å². The number of ether oxygens (including phenoxy) is 1. The van der Waals surface area contributed by atoms with Gasteiger partial charge in [0.1, 0.15) is 40.8 Å². The molecule has 33 heavy (non-hydrogen) atoms. The van der Waals surface area contributed by atoms with Gasteiger partial charge in [-0.1, -0.05) is 91.0 Å². The second kappa shape index (κ2) is 9.86. The first kappa shape index (κ1) is 21.2. The van der Waals surface area contributed by atoms with Crippen LogP contribution in [0, 0.1) is 0 Å². The highest BCUT2D eigenvalue weighted by molar-refractivity contribution is 7.95. The van der Waals surface area contributed by atoms with Crippen molar-refractivity contribution in [3.63, 3.8) is 0 Å². The Balaban J connectivity index is 1.70. The van der Waals surface area contributed by atoms with Crippen LogP contribution in [0.5, 0.6) is 11.5 Å². The summed E-state index contributed by atoms with van der Waals surface area (Å²) in [5.41, 5.74) is 1.21. The van der Waals surface area contributed by atoms with E-state index >= 15 is 0 Å². The van der Waals surface area contributed by atoms with Crippen LogP contribution in [0.2, 0.25) is 0 Å². The summed E-state index contributed by atoms with van der Waals surface area (Å²) >= 11 is 0. The number of hydrogen-bond acceptors (Lipinski definition) is 1. The van der Waals surface area contributed by atoms with E-state index in [0.29, 0.717) is 0 Å². The monoisotopic (exact) mass is 445 g/mol. The van der Waals surface area contributed by atoms with Crippen LogP contribution in [0.4, 0.5) is 0 Å². The van der Waals surface area contributed by atoms with Crippen LogP contribution >= 0.6 is 7.26 Å². The van der Waals surface area contributed by atoms with Gasteiger partial charge < -0.3 is 4.74 Å². The molecule has 0 N–H and O–H groups in total. The van der Waals surface area contributed by atoms with Gasteiger partial charge in [0, 0.05) is 5.56 Å². The Kier molecular flexibility index (Phi) is 6.33. The molecular formula is C31H26OP+. The Bertz CT molecular complexity index is 1190. The predicted molar refractivity (Wildman–Crippen MR) is 142 cm³/mol. The van der Waals surface area contributed by atoms with E-state index in [4.69, 9.17) is 4.74 Å². The van der Waals surface area contributed by atoms with Gasteiger partial charge in [0.2, 0.25) is 0 Å². The summed E-state index contributed by atoms with van der Waals surface area (Å²) in [7, 11) is -1.99. The third-order valence-electron chi connectivity index (χ3n) is 5.94. The molecule has 0 unspecified atom stereocenters. The van der Waals surface area contributed by atoms with Crippen LogP contribution in [-0.2, 0) is 6.16 Å². The molecule has 1 nitrogen and oxygen atoms in total. The quantitative estimate of drug-likeness (QED) is 0.246. The highest BCUT2D eigenvalue weighted by Crippen LogP contribution is 2.59. The lowest BCUT2D eigenvalue weighted by atomic mass is 10.2. The van der Waals surface area contributed by atoms with E-state index in [1.807, 2.05) is 30.3 Å². The summed E-state index contributed by atoms with van der Waals surface area (Å²) in [6, 6.07) is 51.4. The van der Waals surface area contributed by atoms with Crippen molar-refractivity contribution in [3.8, 4) is 11.5 Å². The van der Waals surface area contributed by atoms with Gasteiger partial charge in [-0.2, -0.15) is 0 Å². The Morgan fingerprint density at radius 2 is 0.818 bits per heavy atom. The molecule has 0 fully saturated rings. The van der Waals surface area contributed by atoms with Gasteiger partial charge in [-0.05, 0) is 54.6 Å². The molecule has 0 aliphatic carbocycles. The first-order valence-corrected chi connectivity index (χ1v) is 13.2. The Morgan fingerprint density at radius 3 is 1.30 bits per heavy atom. The molecule has 0 bridgehead atoms. The molecule has 5 aromatic rings. The Labute approximate surface area is 196 Å². The second-order valence-corrected chi connectivity index (χ2v) is 11.5. The van der Waals surface area contributed by atoms with Crippen molar-refractivity contribution in [2.24, 2.45) is 0 Å².